The standard InChI is InChI=1S/C10H21NO2S/c1-10(2-6-12)14-9-5-11-3-7-13-8-4-11/h10,12H,2-9H2,1H3. The highest BCUT2D eigenvalue weighted by atomic mass is 32.2. The first-order valence-corrected chi connectivity index (χ1v) is 6.40. The highest BCUT2D eigenvalue weighted by Crippen LogP contribution is 2.13. The lowest BCUT2D eigenvalue weighted by molar-refractivity contribution is 0.0410. The number of aliphatic hydroxyl groups excluding tert-OH is 1. The van der Waals surface area contributed by atoms with Crippen LogP contribution in [0.5, 0.6) is 0 Å². The molecule has 0 bridgehead atoms. The second-order valence-corrected chi connectivity index (χ2v) is 5.19. The van der Waals surface area contributed by atoms with Crippen LogP contribution in [0.25, 0.3) is 0 Å². The molecule has 1 unspecified atom stereocenters. The van der Waals surface area contributed by atoms with Crippen LogP contribution in [0.4, 0.5) is 0 Å². The first kappa shape index (κ1) is 12.3. The van der Waals surface area contributed by atoms with E-state index in [1.165, 1.54) is 5.75 Å². The molecule has 0 radical (unpaired) electrons. The van der Waals surface area contributed by atoms with E-state index >= 15 is 0 Å². The van der Waals surface area contributed by atoms with Crippen molar-refractivity contribution in [3.05, 3.63) is 0 Å². The van der Waals surface area contributed by atoms with Crippen LogP contribution < -0.4 is 0 Å². The van der Waals surface area contributed by atoms with Crippen molar-refractivity contribution in [1.82, 2.24) is 4.90 Å². The lowest BCUT2D eigenvalue weighted by Crippen LogP contribution is -2.37. The van der Waals surface area contributed by atoms with Gasteiger partial charge in [0.2, 0.25) is 0 Å². The molecule has 4 heteroatoms. The van der Waals surface area contributed by atoms with E-state index in [9.17, 15) is 0 Å². The van der Waals surface area contributed by atoms with Crippen molar-refractivity contribution in [3.63, 3.8) is 0 Å². The molecule has 0 aromatic carbocycles. The van der Waals surface area contributed by atoms with E-state index in [0.29, 0.717) is 11.9 Å². The minimum absolute atomic E-state index is 0.311. The quantitative estimate of drug-likeness (QED) is 0.717. The molecule has 14 heavy (non-hydrogen) atoms. The largest absolute Gasteiger partial charge is 0.396 e. The molecular formula is C10H21NO2S. The maximum absolute atomic E-state index is 8.74. The van der Waals surface area contributed by atoms with Gasteiger partial charge in [-0.3, -0.25) is 4.90 Å². The molecule has 1 rings (SSSR count). The Hall–Kier alpha value is 0.230. The van der Waals surface area contributed by atoms with Crippen molar-refractivity contribution >= 4 is 11.8 Å². The third kappa shape index (κ3) is 5.20. The van der Waals surface area contributed by atoms with Crippen molar-refractivity contribution in [2.75, 3.05) is 45.2 Å². The summed E-state index contributed by atoms with van der Waals surface area (Å²) >= 11 is 1.95. The van der Waals surface area contributed by atoms with Crippen LogP contribution in [0.15, 0.2) is 0 Å². The molecule has 1 aliphatic rings. The molecule has 1 aliphatic heterocycles. The molecule has 1 saturated heterocycles. The number of thioether (sulfide) groups is 1. The zero-order valence-electron chi connectivity index (χ0n) is 8.95. The van der Waals surface area contributed by atoms with Crippen LogP contribution in [0.3, 0.4) is 0 Å². The van der Waals surface area contributed by atoms with Crippen LogP contribution >= 0.6 is 11.8 Å². The van der Waals surface area contributed by atoms with Gasteiger partial charge in [0.1, 0.15) is 0 Å². The van der Waals surface area contributed by atoms with Gasteiger partial charge in [-0.05, 0) is 6.42 Å². The van der Waals surface area contributed by atoms with E-state index in [1.807, 2.05) is 11.8 Å². The van der Waals surface area contributed by atoms with Crippen molar-refractivity contribution in [3.8, 4) is 0 Å². The lowest BCUT2D eigenvalue weighted by atomic mass is 10.3. The summed E-state index contributed by atoms with van der Waals surface area (Å²) in [5, 5.41) is 9.33. The smallest absolute Gasteiger partial charge is 0.0594 e. The van der Waals surface area contributed by atoms with E-state index in [0.717, 1.165) is 39.3 Å². The number of rotatable bonds is 6. The minimum atomic E-state index is 0.311. The number of hydrogen-bond acceptors (Lipinski definition) is 4. The van der Waals surface area contributed by atoms with Gasteiger partial charge in [0.25, 0.3) is 0 Å². The van der Waals surface area contributed by atoms with Gasteiger partial charge in [0.05, 0.1) is 13.2 Å². The number of aliphatic hydroxyl groups is 1. The fourth-order valence-electron chi connectivity index (χ4n) is 1.47. The van der Waals surface area contributed by atoms with Gasteiger partial charge < -0.3 is 9.84 Å². The van der Waals surface area contributed by atoms with E-state index in [1.54, 1.807) is 0 Å². The molecule has 0 aliphatic carbocycles. The first-order chi connectivity index (χ1) is 6.83. The Morgan fingerprint density at radius 3 is 2.79 bits per heavy atom. The SMILES string of the molecule is CC(CCO)SCCN1CCOCC1. The van der Waals surface area contributed by atoms with Gasteiger partial charge in [0.15, 0.2) is 0 Å². The Labute approximate surface area is 90.8 Å². The molecule has 0 aromatic rings. The van der Waals surface area contributed by atoms with Gasteiger partial charge in [-0.25, -0.2) is 0 Å². The molecule has 1 atom stereocenters. The average Bonchev–Trinajstić information content (AvgIpc) is 2.20. The summed E-state index contributed by atoms with van der Waals surface area (Å²) in [5.41, 5.74) is 0. The van der Waals surface area contributed by atoms with Crippen molar-refractivity contribution in [2.45, 2.75) is 18.6 Å². The summed E-state index contributed by atoms with van der Waals surface area (Å²) in [6, 6.07) is 0. The zero-order valence-corrected chi connectivity index (χ0v) is 9.76. The maximum Gasteiger partial charge on any atom is 0.0594 e. The molecule has 0 spiro atoms. The Morgan fingerprint density at radius 2 is 2.14 bits per heavy atom. The molecule has 3 nitrogen and oxygen atoms in total. The van der Waals surface area contributed by atoms with Gasteiger partial charge in [-0.15, -0.1) is 0 Å². The van der Waals surface area contributed by atoms with Crippen molar-refractivity contribution in [2.24, 2.45) is 0 Å². The molecular weight excluding hydrogens is 198 g/mol. The molecule has 1 heterocycles. The third-order valence-electron chi connectivity index (χ3n) is 2.45. The van der Waals surface area contributed by atoms with Gasteiger partial charge in [-0.2, -0.15) is 11.8 Å². The number of nitrogens with zero attached hydrogens (tertiary/aromatic N) is 1. The second kappa shape index (κ2) is 7.51. The molecule has 84 valence electrons. The molecule has 1 fully saturated rings. The van der Waals surface area contributed by atoms with E-state index in [4.69, 9.17) is 9.84 Å². The summed E-state index contributed by atoms with van der Waals surface area (Å²) in [6.45, 7) is 7.58. The Balaban J connectivity index is 1.96. The summed E-state index contributed by atoms with van der Waals surface area (Å²) < 4.78 is 5.28. The maximum atomic E-state index is 8.74. The van der Waals surface area contributed by atoms with Gasteiger partial charge >= 0.3 is 0 Å². The normalized spacial score (nSPS) is 21.0. The van der Waals surface area contributed by atoms with E-state index < -0.39 is 0 Å². The monoisotopic (exact) mass is 219 g/mol. The fourth-order valence-corrected chi connectivity index (χ4v) is 2.51. The summed E-state index contributed by atoms with van der Waals surface area (Å²) in [7, 11) is 0. The fraction of sp³-hybridized carbons (Fsp3) is 1.00. The molecule has 0 amide bonds. The third-order valence-corrected chi connectivity index (χ3v) is 3.67. The highest BCUT2D eigenvalue weighted by molar-refractivity contribution is 7.99. The number of ether oxygens (including phenoxy) is 1. The minimum Gasteiger partial charge on any atom is -0.396 e. The summed E-state index contributed by atoms with van der Waals surface area (Å²) in [6.07, 6.45) is 0.910. The Morgan fingerprint density at radius 1 is 1.43 bits per heavy atom. The van der Waals surface area contributed by atoms with Crippen LogP contribution in [0.2, 0.25) is 0 Å². The van der Waals surface area contributed by atoms with Gasteiger partial charge in [-0.1, -0.05) is 6.92 Å². The number of morpholine rings is 1. The predicted molar refractivity (Wildman–Crippen MR) is 60.9 cm³/mol. The number of hydrogen-bond donors (Lipinski definition) is 1. The Bertz CT molecular complexity index is 140. The van der Waals surface area contributed by atoms with Crippen molar-refractivity contribution < 1.29 is 9.84 Å². The Kier molecular flexibility index (Phi) is 6.60. The lowest BCUT2D eigenvalue weighted by Gasteiger charge is -2.26. The van der Waals surface area contributed by atoms with E-state index in [-0.39, 0.29) is 0 Å². The van der Waals surface area contributed by atoms with E-state index in [2.05, 4.69) is 11.8 Å². The summed E-state index contributed by atoms with van der Waals surface area (Å²) in [5.74, 6) is 1.17. The van der Waals surface area contributed by atoms with Crippen LogP contribution in [0.1, 0.15) is 13.3 Å². The molecule has 1 N–H and O–H groups in total. The topological polar surface area (TPSA) is 32.7 Å². The van der Waals surface area contributed by atoms with Gasteiger partial charge in [0, 0.05) is 37.2 Å². The van der Waals surface area contributed by atoms with Crippen LogP contribution in [-0.4, -0.2) is 60.5 Å². The average molecular weight is 219 g/mol. The highest BCUT2D eigenvalue weighted by Gasteiger charge is 2.10. The molecule has 0 aromatic heterocycles. The molecule has 0 saturated carbocycles. The zero-order chi connectivity index (χ0) is 10.2. The van der Waals surface area contributed by atoms with Crippen molar-refractivity contribution in [1.29, 1.82) is 0 Å². The van der Waals surface area contributed by atoms with Crippen LogP contribution in [0, 0.1) is 0 Å². The summed E-state index contributed by atoms with van der Waals surface area (Å²) in [4.78, 5) is 2.45. The predicted octanol–water partition coefficient (Wildman–Crippen LogP) is 0.823. The van der Waals surface area contributed by atoms with Crippen LogP contribution in [-0.2, 0) is 4.74 Å². The second-order valence-electron chi connectivity index (χ2n) is 3.65. The first-order valence-electron chi connectivity index (χ1n) is 5.35.